The number of quaternary nitrogens is 1. The van der Waals surface area contributed by atoms with Crippen molar-refractivity contribution in [3.05, 3.63) is 134 Å². The average molecular weight is 1350 g/mol. The van der Waals surface area contributed by atoms with Gasteiger partial charge >= 0.3 is 11.9 Å². The van der Waals surface area contributed by atoms with Crippen LogP contribution in [0.15, 0.2) is 134 Å². The number of rotatable bonds is 74. The van der Waals surface area contributed by atoms with Crippen molar-refractivity contribution in [1.29, 1.82) is 0 Å². The van der Waals surface area contributed by atoms with Crippen LogP contribution in [0.25, 0.3) is 0 Å². The van der Waals surface area contributed by atoms with Crippen molar-refractivity contribution in [2.45, 2.75) is 360 Å². The van der Waals surface area contributed by atoms with Gasteiger partial charge in [-0.25, -0.2) is 0 Å². The summed E-state index contributed by atoms with van der Waals surface area (Å²) in [7, 11) is 5.94. The molecule has 0 amide bonds. The van der Waals surface area contributed by atoms with E-state index >= 15 is 0 Å². The Morgan fingerprint density at radius 1 is 0.320 bits per heavy atom. The van der Waals surface area contributed by atoms with E-state index in [2.05, 4.69) is 148 Å². The molecule has 0 heterocycles. The topological polar surface area (TPSA) is 111 Å². The van der Waals surface area contributed by atoms with Crippen LogP contribution in [0, 0.1) is 0 Å². The molecule has 0 aliphatic rings. The number of esters is 2. The molecule has 0 rings (SSSR count). The Bertz CT molecular complexity index is 2060. The number of carboxylic acid groups (broad SMARTS) is 1. The van der Waals surface area contributed by atoms with E-state index in [4.69, 9.17) is 18.9 Å². The van der Waals surface area contributed by atoms with Crippen LogP contribution in [0.5, 0.6) is 0 Å². The fraction of sp³-hybridized carbons (Fsp3) is 0.716. The molecule has 0 bridgehead atoms. The molecular weight excluding hydrogens is 1200 g/mol. The molecule has 556 valence electrons. The Hall–Kier alpha value is -4.57. The molecule has 97 heavy (non-hydrogen) atoms. The monoisotopic (exact) mass is 1350 g/mol. The lowest BCUT2D eigenvalue weighted by atomic mass is 10.0. The summed E-state index contributed by atoms with van der Waals surface area (Å²) in [5.74, 6) is -2.27. The van der Waals surface area contributed by atoms with E-state index in [0.717, 1.165) is 103 Å². The van der Waals surface area contributed by atoms with Gasteiger partial charge in [0.2, 0.25) is 0 Å². The number of likely N-dealkylation sites (N-methyl/N-ethyl adjacent to an activating group) is 1. The predicted molar refractivity (Wildman–Crippen MR) is 416 cm³/mol. The van der Waals surface area contributed by atoms with Gasteiger partial charge in [0.25, 0.3) is 0 Å². The highest BCUT2D eigenvalue weighted by Crippen LogP contribution is 2.18. The van der Waals surface area contributed by atoms with Crippen molar-refractivity contribution >= 4 is 17.9 Å². The van der Waals surface area contributed by atoms with Gasteiger partial charge in [-0.15, -0.1) is 0 Å². The molecular formula is C88H151NO8. The second kappa shape index (κ2) is 77.2. The summed E-state index contributed by atoms with van der Waals surface area (Å²) in [6, 6.07) is 0. The zero-order valence-electron chi connectivity index (χ0n) is 63.7. The van der Waals surface area contributed by atoms with E-state index in [1.807, 2.05) is 21.1 Å². The number of carbonyl (C=O) groups excluding carboxylic acids is 3. The average Bonchev–Trinajstić information content (AvgIpc) is 3.27. The van der Waals surface area contributed by atoms with Crippen LogP contribution in [-0.2, 0) is 33.3 Å². The summed E-state index contributed by atoms with van der Waals surface area (Å²) in [6.07, 6.45) is 108. The Labute approximate surface area is 599 Å². The normalized spacial score (nSPS) is 13.4. The molecule has 2 unspecified atom stereocenters. The molecule has 0 radical (unpaired) electrons. The quantitative estimate of drug-likeness (QED) is 0.0195. The van der Waals surface area contributed by atoms with Crippen molar-refractivity contribution in [2.24, 2.45) is 0 Å². The molecule has 0 aromatic heterocycles. The molecule has 0 aromatic carbocycles. The zero-order chi connectivity index (χ0) is 70.4. The first-order chi connectivity index (χ1) is 47.6. The highest BCUT2D eigenvalue weighted by molar-refractivity contribution is 5.70. The number of unbranched alkanes of at least 4 members (excludes halogenated alkanes) is 37. The zero-order valence-corrected chi connectivity index (χ0v) is 63.7. The van der Waals surface area contributed by atoms with E-state index in [1.54, 1.807) is 0 Å². The summed E-state index contributed by atoms with van der Waals surface area (Å²) in [5.41, 5.74) is 0. The van der Waals surface area contributed by atoms with Gasteiger partial charge in [0.1, 0.15) is 13.2 Å². The molecule has 0 N–H and O–H groups in total. The maximum Gasteiger partial charge on any atom is 0.306 e. The molecule has 9 heteroatoms. The molecule has 0 aliphatic heterocycles. The van der Waals surface area contributed by atoms with Gasteiger partial charge in [-0.3, -0.25) is 9.59 Å². The molecule has 0 aliphatic carbocycles. The first-order valence-corrected chi connectivity index (χ1v) is 40.3. The van der Waals surface area contributed by atoms with Crippen molar-refractivity contribution in [1.82, 2.24) is 0 Å². The van der Waals surface area contributed by atoms with Crippen molar-refractivity contribution in [3.63, 3.8) is 0 Å². The fourth-order valence-electron chi connectivity index (χ4n) is 11.3. The Balaban J connectivity index is 4.04. The minimum atomic E-state index is -1.63. The van der Waals surface area contributed by atoms with Gasteiger partial charge in [0.05, 0.1) is 40.3 Å². The predicted octanol–water partition coefficient (Wildman–Crippen LogP) is 24.7. The third-order valence-corrected chi connectivity index (χ3v) is 17.4. The molecule has 9 nitrogen and oxygen atoms in total. The largest absolute Gasteiger partial charge is 0.545 e. The number of carboxylic acids is 1. The van der Waals surface area contributed by atoms with Crippen LogP contribution >= 0.6 is 0 Å². The number of ether oxygens (including phenoxy) is 4. The molecule has 0 fully saturated rings. The van der Waals surface area contributed by atoms with Gasteiger partial charge in [0, 0.05) is 12.8 Å². The van der Waals surface area contributed by atoms with Crippen LogP contribution in [0.2, 0.25) is 0 Å². The summed E-state index contributed by atoms with van der Waals surface area (Å²) in [5, 5.41) is 11.9. The summed E-state index contributed by atoms with van der Waals surface area (Å²) >= 11 is 0. The number of nitrogens with zero attached hydrogens (tertiary/aromatic N) is 1. The van der Waals surface area contributed by atoms with E-state index in [0.29, 0.717) is 17.4 Å². The van der Waals surface area contributed by atoms with E-state index in [-0.39, 0.29) is 38.6 Å². The lowest BCUT2D eigenvalue weighted by Crippen LogP contribution is -2.44. The summed E-state index contributed by atoms with van der Waals surface area (Å²) < 4.78 is 22.9. The summed E-state index contributed by atoms with van der Waals surface area (Å²) in [6.45, 7) is 4.65. The Morgan fingerprint density at radius 3 is 0.876 bits per heavy atom. The van der Waals surface area contributed by atoms with Crippen LogP contribution in [0.4, 0.5) is 0 Å². The summed E-state index contributed by atoms with van der Waals surface area (Å²) in [4.78, 5) is 37.6. The van der Waals surface area contributed by atoms with Crippen LogP contribution in [0.3, 0.4) is 0 Å². The van der Waals surface area contributed by atoms with Crippen LogP contribution < -0.4 is 5.11 Å². The standard InChI is InChI=1S/C88H151NO8/c1-6-8-10-12-14-16-18-20-22-24-26-28-30-32-34-36-38-39-40-41-42-43-44-45-46-47-49-51-53-55-57-59-61-63-65-67-69-71-73-75-77-79-86(91)97-84(83-96-88(87(92)93)94-81-80-89(3,4)5)82-95-85(90)78-76-74-72-70-68-66-64-62-60-58-56-54-52-50-48-37-35-33-31-29-27-25-23-21-19-17-15-13-11-9-7-2/h8,10,14,16,19-22,25-28,31-34,38-39,41-42,44-45,84,88H,6-7,9,11-13,15,17-18,23-24,29-30,35-37,40,43,46-83H2,1-5H3/b10-8-,16-14-,21-19-,22-20-,27-25-,28-26-,33-31-,34-32-,39-38-,42-41-,45-44-. The van der Waals surface area contributed by atoms with Gasteiger partial charge in [-0.2, -0.15) is 0 Å². The van der Waals surface area contributed by atoms with Crippen molar-refractivity contribution in [2.75, 3.05) is 47.5 Å². The molecule has 0 saturated heterocycles. The molecule has 0 saturated carbocycles. The van der Waals surface area contributed by atoms with E-state index in [9.17, 15) is 19.5 Å². The van der Waals surface area contributed by atoms with Crippen molar-refractivity contribution < 1.29 is 42.9 Å². The molecule has 0 aromatic rings. The SMILES string of the molecule is CC/C=C\C/C=C\C/C=C\C/C=C\C/C=C\C/C=C\C/C=C\C/C=C\CCCCCCCCCCCCCCCCCCC(=O)OC(COC(=O)CCCCCCCCCCCCCCCCCC/C=C\C/C=C\C/C=C\CCCCCCC)COC(OCC[N+](C)(C)C)C(=O)[O-]. The van der Waals surface area contributed by atoms with Crippen LogP contribution in [-0.4, -0.2) is 82.3 Å². The second-order valence-corrected chi connectivity index (χ2v) is 28.0. The Morgan fingerprint density at radius 2 is 0.588 bits per heavy atom. The number of hydrogen-bond acceptors (Lipinski definition) is 8. The number of allylic oxidation sites excluding steroid dienone is 22. The highest BCUT2D eigenvalue weighted by Gasteiger charge is 2.22. The van der Waals surface area contributed by atoms with Gasteiger partial charge in [-0.05, 0) is 116 Å². The Kier molecular flexibility index (Phi) is 73.5. The number of aliphatic carboxylic acids is 1. The maximum absolute atomic E-state index is 13.0. The minimum absolute atomic E-state index is 0.145. The highest BCUT2D eigenvalue weighted by atomic mass is 16.7. The number of hydrogen-bond donors (Lipinski definition) is 0. The van der Waals surface area contributed by atoms with E-state index in [1.165, 1.54) is 212 Å². The molecule has 2 atom stereocenters. The van der Waals surface area contributed by atoms with Gasteiger partial charge in [-0.1, -0.05) is 353 Å². The van der Waals surface area contributed by atoms with Crippen molar-refractivity contribution in [3.8, 4) is 0 Å². The second-order valence-electron chi connectivity index (χ2n) is 28.0. The van der Waals surface area contributed by atoms with Gasteiger partial charge in [0.15, 0.2) is 12.4 Å². The minimum Gasteiger partial charge on any atom is -0.545 e. The lowest BCUT2D eigenvalue weighted by molar-refractivity contribution is -0.870. The first kappa shape index (κ1) is 92.4. The maximum atomic E-state index is 13.0. The smallest absolute Gasteiger partial charge is 0.306 e. The van der Waals surface area contributed by atoms with Crippen LogP contribution in [0.1, 0.15) is 348 Å². The third kappa shape index (κ3) is 78.6. The third-order valence-electron chi connectivity index (χ3n) is 17.4. The van der Waals surface area contributed by atoms with E-state index < -0.39 is 24.3 Å². The first-order valence-electron chi connectivity index (χ1n) is 40.3. The van der Waals surface area contributed by atoms with Gasteiger partial charge < -0.3 is 33.3 Å². The number of carbonyl (C=O) groups is 3. The molecule has 0 spiro atoms. The fourth-order valence-corrected chi connectivity index (χ4v) is 11.3. The lowest BCUT2D eigenvalue weighted by Gasteiger charge is -2.26.